The molecule has 8 nitrogen and oxygen atoms in total. The summed E-state index contributed by atoms with van der Waals surface area (Å²) in [6.07, 6.45) is 2.19. The minimum atomic E-state index is -1.01. The number of carbonyl (C=O) groups is 1. The topological polar surface area (TPSA) is 86.7 Å². The molecule has 7 rings (SSSR count). The number of rotatable bonds is 4. The lowest BCUT2D eigenvalue weighted by Gasteiger charge is -2.69. The molecule has 184 valence electrons. The van der Waals surface area contributed by atoms with Crippen LogP contribution in [0.15, 0.2) is 0 Å². The third-order valence-corrected chi connectivity index (χ3v) is 11.8. The molecule has 2 aliphatic heterocycles. The summed E-state index contributed by atoms with van der Waals surface area (Å²) in [5, 5.41) is 12.4. The number of amides is 1. The molecule has 1 N–H and O–H groups in total. The molecule has 7 fully saturated rings. The third-order valence-electron chi connectivity index (χ3n) is 11.8. The summed E-state index contributed by atoms with van der Waals surface area (Å²) in [6, 6.07) is -0.281. The minimum absolute atomic E-state index is 0.0329. The summed E-state index contributed by atoms with van der Waals surface area (Å²) in [7, 11) is 5.36. The molecule has 7 bridgehead atoms. The fraction of sp³-hybridized carbons (Fsp3) is 0.960. The van der Waals surface area contributed by atoms with Gasteiger partial charge in [-0.1, -0.05) is 6.92 Å². The quantitative estimate of drug-likeness (QED) is 0.670. The van der Waals surface area contributed by atoms with Gasteiger partial charge in [-0.25, -0.2) is 0 Å². The van der Waals surface area contributed by atoms with Gasteiger partial charge in [-0.3, -0.25) is 4.79 Å². The Kier molecular flexibility index (Phi) is 4.12. The molecule has 2 saturated heterocycles. The number of ether oxygens (including phenoxy) is 5. The number of carbonyl (C=O) groups excluding carboxylic acids is 1. The van der Waals surface area contributed by atoms with Crippen molar-refractivity contribution in [3.8, 4) is 0 Å². The van der Waals surface area contributed by atoms with Gasteiger partial charge in [0.15, 0.2) is 0 Å². The average Bonchev–Trinajstić information content (AvgIpc) is 3.40. The highest BCUT2D eigenvalue weighted by atomic mass is 16.7. The summed E-state index contributed by atoms with van der Waals surface area (Å²) < 4.78 is 31.9. The highest BCUT2D eigenvalue weighted by Gasteiger charge is 2.94. The van der Waals surface area contributed by atoms with Crippen LogP contribution in [-0.2, 0) is 28.5 Å². The Morgan fingerprint density at radius 3 is 2.64 bits per heavy atom. The highest BCUT2D eigenvalue weighted by molar-refractivity contribution is 5.86. The van der Waals surface area contributed by atoms with Gasteiger partial charge in [0, 0.05) is 57.5 Å². The molecule has 0 aromatic rings. The van der Waals surface area contributed by atoms with Crippen LogP contribution < -0.4 is 0 Å². The molecular formula is C25H37NO7. The third kappa shape index (κ3) is 1.82. The fourth-order valence-corrected chi connectivity index (χ4v) is 11.2. The van der Waals surface area contributed by atoms with E-state index in [9.17, 15) is 9.90 Å². The van der Waals surface area contributed by atoms with Crippen LogP contribution in [0.4, 0.5) is 0 Å². The van der Waals surface area contributed by atoms with Gasteiger partial charge in [0.1, 0.15) is 18.0 Å². The van der Waals surface area contributed by atoms with Crippen molar-refractivity contribution in [2.45, 2.75) is 81.2 Å². The number of likely N-dealkylation sites (tertiary alicyclic amines) is 1. The maximum Gasteiger partial charge on any atom is 0.229 e. The van der Waals surface area contributed by atoms with Gasteiger partial charge in [0.2, 0.25) is 5.91 Å². The molecule has 0 radical (unpaired) electrons. The van der Waals surface area contributed by atoms with Crippen molar-refractivity contribution in [3.63, 3.8) is 0 Å². The standard InChI is InChI=1S/C25H37NO7/c1-6-26-20-24-13-9-12-14(29-3)10-23(16(13)17(12)31-5)25(20,33-11-32-23)19(27)18(24)22(2,21(26)28)8-7-15(24)30-4/h12-20,27H,6-11H2,1-5H3/t12-,13-,14+,15+,16-,17+,18-,19+,20+,22-,23-,24+,25+/m1/s1. The van der Waals surface area contributed by atoms with Crippen molar-refractivity contribution in [3.05, 3.63) is 0 Å². The molecule has 1 amide bonds. The number of hydrogen-bond acceptors (Lipinski definition) is 7. The zero-order valence-electron chi connectivity index (χ0n) is 20.3. The van der Waals surface area contributed by atoms with Gasteiger partial charge in [-0.15, -0.1) is 0 Å². The fourth-order valence-electron chi connectivity index (χ4n) is 11.2. The van der Waals surface area contributed by atoms with Crippen molar-refractivity contribution in [2.75, 3.05) is 34.7 Å². The van der Waals surface area contributed by atoms with E-state index < -0.39 is 28.1 Å². The maximum atomic E-state index is 14.1. The first-order chi connectivity index (χ1) is 15.8. The van der Waals surface area contributed by atoms with Crippen LogP contribution in [0, 0.1) is 34.5 Å². The van der Waals surface area contributed by atoms with Crippen molar-refractivity contribution in [1.29, 1.82) is 0 Å². The summed E-state index contributed by atoms with van der Waals surface area (Å²) in [6.45, 7) is 4.84. The Balaban J connectivity index is 1.58. The lowest BCUT2D eigenvalue weighted by Crippen LogP contribution is -2.81. The summed E-state index contributed by atoms with van der Waals surface area (Å²) in [5.74, 6) is 0.454. The predicted octanol–water partition coefficient (Wildman–Crippen LogP) is 1.19. The molecule has 5 saturated carbocycles. The lowest BCUT2D eigenvalue weighted by molar-refractivity contribution is -0.276. The van der Waals surface area contributed by atoms with Crippen LogP contribution in [0.25, 0.3) is 0 Å². The van der Waals surface area contributed by atoms with Crippen LogP contribution in [0.3, 0.4) is 0 Å². The number of hydrogen-bond donors (Lipinski definition) is 1. The van der Waals surface area contributed by atoms with Gasteiger partial charge in [0.25, 0.3) is 0 Å². The maximum absolute atomic E-state index is 14.1. The van der Waals surface area contributed by atoms with Crippen molar-refractivity contribution >= 4 is 5.91 Å². The molecule has 0 unspecified atom stereocenters. The van der Waals surface area contributed by atoms with E-state index in [2.05, 4.69) is 13.8 Å². The van der Waals surface area contributed by atoms with Gasteiger partial charge in [-0.2, -0.15) is 0 Å². The molecule has 0 aromatic carbocycles. The smallest absolute Gasteiger partial charge is 0.229 e. The van der Waals surface area contributed by atoms with E-state index >= 15 is 0 Å². The Morgan fingerprint density at radius 2 is 1.97 bits per heavy atom. The first kappa shape index (κ1) is 21.5. The Morgan fingerprint density at radius 1 is 1.18 bits per heavy atom. The zero-order valence-corrected chi connectivity index (χ0v) is 20.3. The lowest BCUT2D eigenvalue weighted by atomic mass is 9.42. The van der Waals surface area contributed by atoms with E-state index in [4.69, 9.17) is 23.7 Å². The first-order valence-corrected chi connectivity index (χ1v) is 12.7. The summed E-state index contributed by atoms with van der Waals surface area (Å²) in [4.78, 5) is 16.1. The Labute approximate surface area is 195 Å². The second kappa shape index (κ2) is 6.31. The average molecular weight is 464 g/mol. The largest absolute Gasteiger partial charge is 0.390 e. The van der Waals surface area contributed by atoms with E-state index in [-0.39, 0.29) is 60.7 Å². The molecule has 33 heavy (non-hydrogen) atoms. The number of aliphatic hydroxyl groups is 1. The SMILES string of the molecule is CCN1C(=O)[C@]2(C)CC[C@H](OC)[C@@]34[C@@H]5C[C@H]6[C@H](OC)[C@@H]5[C@@]5(C[C@@H]6OC)OCO[C@@]5([C@@H](O)[C@@H]32)[C@@H]14. The monoisotopic (exact) mass is 463 g/mol. The number of piperidine rings is 1. The highest BCUT2D eigenvalue weighted by Crippen LogP contribution is 2.82. The molecule has 13 atom stereocenters. The number of likely N-dealkylation sites (N-methyl/N-ethyl adjacent to an activating group) is 1. The molecule has 0 aromatic heterocycles. The number of fused-ring (bicyclic) bond motifs is 1. The van der Waals surface area contributed by atoms with Crippen LogP contribution in [0.5, 0.6) is 0 Å². The van der Waals surface area contributed by atoms with Crippen LogP contribution in [0.2, 0.25) is 0 Å². The molecule has 3 spiro atoms. The van der Waals surface area contributed by atoms with Gasteiger partial charge in [-0.05, 0) is 32.1 Å². The van der Waals surface area contributed by atoms with Crippen LogP contribution in [0.1, 0.15) is 39.5 Å². The van der Waals surface area contributed by atoms with Gasteiger partial charge >= 0.3 is 0 Å². The minimum Gasteiger partial charge on any atom is -0.390 e. The summed E-state index contributed by atoms with van der Waals surface area (Å²) >= 11 is 0. The van der Waals surface area contributed by atoms with E-state index in [1.54, 1.807) is 21.3 Å². The summed E-state index contributed by atoms with van der Waals surface area (Å²) in [5.41, 5.74) is -2.80. The van der Waals surface area contributed by atoms with E-state index in [0.29, 0.717) is 13.0 Å². The van der Waals surface area contributed by atoms with E-state index in [1.807, 2.05) is 4.90 Å². The number of nitrogens with zero attached hydrogens (tertiary/aromatic N) is 1. The molecule has 7 aliphatic rings. The Hall–Kier alpha value is -0.770. The number of methoxy groups -OCH3 is 3. The normalized spacial score (nSPS) is 62.1. The van der Waals surface area contributed by atoms with Crippen molar-refractivity contribution < 1.29 is 33.6 Å². The van der Waals surface area contributed by atoms with Crippen molar-refractivity contribution in [2.24, 2.45) is 34.5 Å². The first-order valence-electron chi connectivity index (χ1n) is 12.7. The van der Waals surface area contributed by atoms with Gasteiger partial charge < -0.3 is 33.7 Å². The van der Waals surface area contributed by atoms with Crippen LogP contribution >= 0.6 is 0 Å². The Bertz CT molecular complexity index is 900. The van der Waals surface area contributed by atoms with Gasteiger partial charge in [0.05, 0.1) is 35.9 Å². The van der Waals surface area contributed by atoms with Crippen molar-refractivity contribution in [1.82, 2.24) is 4.90 Å². The number of aliphatic hydroxyl groups excluding tert-OH is 1. The second-order valence-corrected chi connectivity index (χ2v) is 11.9. The molecular weight excluding hydrogens is 426 g/mol. The van der Waals surface area contributed by atoms with E-state index in [1.165, 1.54) is 0 Å². The predicted molar refractivity (Wildman–Crippen MR) is 115 cm³/mol. The van der Waals surface area contributed by atoms with E-state index in [0.717, 1.165) is 19.3 Å². The van der Waals surface area contributed by atoms with Crippen LogP contribution in [-0.4, -0.2) is 92.2 Å². The molecule has 8 heteroatoms. The molecule has 5 aliphatic carbocycles. The second-order valence-electron chi connectivity index (χ2n) is 11.9. The zero-order chi connectivity index (χ0) is 23.1. The molecule has 2 heterocycles.